The van der Waals surface area contributed by atoms with Crippen LogP contribution in [0.15, 0.2) is 48.5 Å². The molecule has 0 radical (unpaired) electrons. The number of carbonyl (C=O) groups is 2. The topological polar surface area (TPSA) is 67.9 Å². The quantitative estimate of drug-likeness (QED) is 0.784. The summed E-state index contributed by atoms with van der Waals surface area (Å²) in [6.45, 7) is 0.553. The predicted molar refractivity (Wildman–Crippen MR) is 104 cm³/mol. The van der Waals surface area contributed by atoms with Gasteiger partial charge in [0.1, 0.15) is 6.61 Å². The number of alkyl halides is 3. The van der Waals surface area contributed by atoms with Crippen LogP contribution in [0.2, 0.25) is 0 Å². The highest BCUT2D eigenvalue weighted by Crippen LogP contribution is 2.33. The van der Waals surface area contributed by atoms with E-state index in [1.165, 1.54) is 12.1 Å². The fourth-order valence-electron chi connectivity index (χ4n) is 3.70. The predicted octanol–water partition coefficient (Wildman–Crippen LogP) is 3.33. The molecule has 1 saturated heterocycles. The highest BCUT2D eigenvalue weighted by Gasteiger charge is 2.34. The molecule has 9 heteroatoms. The second-order valence-corrected chi connectivity index (χ2v) is 7.49. The number of benzene rings is 2. The molecule has 31 heavy (non-hydrogen) atoms. The number of hydrogen-bond donors (Lipinski definition) is 1. The molecule has 0 unspecified atom stereocenters. The van der Waals surface area contributed by atoms with Crippen molar-refractivity contribution in [3.63, 3.8) is 0 Å². The van der Waals surface area contributed by atoms with Crippen LogP contribution >= 0.6 is 0 Å². The van der Waals surface area contributed by atoms with Gasteiger partial charge in [0, 0.05) is 19.5 Å². The summed E-state index contributed by atoms with van der Waals surface area (Å²) in [6.07, 6.45) is -4.41. The Balaban J connectivity index is 1.55. The van der Waals surface area contributed by atoms with Crippen molar-refractivity contribution < 1.29 is 32.2 Å². The standard InChI is InChI=1S/C22H21F3N2O4/c23-22(24,25)15-6-3-5-14(11-15)16(12-27-10-4-9-20(27)28)26-21(29)19-13-30-17-7-1-2-8-18(17)31-19/h1-3,5-8,11,16,19H,4,9-10,12-13H2,(H,26,29)/t16-,19-/m0/s1. The molecule has 0 aromatic heterocycles. The molecule has 0 aliphatic carbocycles. The number of ether oxygens (including phenoxy) is 2. The molecule has 6 nitrogen and oxygen atoms in total. The van der Waals surface area contributed by atoms with Crippen molar-refractivity contribution in [3.05, 3.63) is 59.7 Å². The summed E-state index contributed by atoms with van der Waals surface area (Å²) in [4.78, 5) is 26.5. The number of fused-ring (bicyclic) bond motifs is 1. The molecule has 2 aromatic rings. The highest BCUT2D eigenvalue weighted by atomic mass is 19.4. The summed E-state index contributed by atoms with van der Waals surface area (Å²) >= 11 is 0. The van der Waals surface area contributed by atoms with Gasteiger partial charge in [0.05, 0.1) is 11.6 Å². The molecular weight excluding hydrogens is 413 g/mol. The van der Waals surface area contributed by atoms with Crippen LogP contribution in [0.1, 0.15) is 30.0 Å². The van der Waals surface area contributed by atoms with E-state index in [-0.39, 0.29) is 24.6 Å². The fraction of sp³-hybridized carbons (Fsp3) is 0.364. The van der Waals surface area contributed by atoms with Crippen LogP contribution in [0.3, 0.4) is 0 Å². The average molecular weight is 434 g/mol. The summed E-state index contributed by atoms with van der Waals surface area (Å²) in [6, 6.07) is 10.9. The third-order valence-corrected chi connectivity index (χ3v) is 5.31. The van der Waals surface area contributed by atoms with Crippen LogP contribution < -0.4 is 14.8 Å². The first-order valence-electron chi connectivity index (χ1n) is 9.95. The lowest BCUT2D eigenvalue weighted by Gasteiger charge is -2.29. The minimum Gasteiger partial charge on any atom is -0.485 e. The molecule has 0 spiro atoms. The van der Waals surface area contributed by atoms with Gasteiger partial charge in [-0.15, -0.1) is 0 Å². The molecule has 2 aliphatic rings. The SMILES string of the molecule is O=C(N[C@@H](CN1CCCC1=O)c1cccc(C(F)(F)F)c1)[C@@H]1COc2ccccc2O1. The zero-order valence-electron chi connectivity index (χ0n) is 16.5. The minimum absolute atomic E-state index is 0.0270. The van der Waals surface area contributed by atoms with E-state index in [0.717, 1.165) is 12.1 Å². The maximum Gasteiger partial charge on any atom is 0.416 e. The zero-order chi connectivity index (χ0) is 22.0. The van der Waals surface area contributed by atoms with Crippen LogP contribution in [-0.4, -0.2) is 42.5 Å². The fourth-order valence-corrected chi connectivity index (χ4v) is 3.70. The number of likely N-dealkylation sites (tertiary alicyclic amines) is 1. The van der Waals surface area contributed by atoms with Crippen molar-refractivity contribution in [2.24, 2.45) is 0 Å². The van der Waals surface area contributed by atoms with Gasteiger partial charge in [0.25, 0.3) is 5.91 Å². The van der Waals surface area contributed by atoms with Gasteiger partial charge >= 0.3 is 6.18 Å². The summed E-state index contributed by atoms with van der Waals surface area (Å²) in [7, 11) is 0. The van der Waals surface area contributed by atoms with Crippen molar-refractivity contribution in [3.8, 4) is 11.5 Å². The normalized spacial score (nSPS) is 19.3. The van der Waals surface area contributed by atoms with Gasteiger partial charge in [0.2, 0.25) is 12.0 Å². The van der Waals surface area contributed by atoms with Gasteiger partial charge in [-0.25, -0.2) is 0 Å². The Labute approximate surface area is 176 Å². The lowest BCUT2D eigenvalue weighted by atomic mass is 10.0. The van der Waals surface area contributed by atoms with Gasteiger partial charge in [-0.05, 0) is 36.2 Å². The first-order chi connectivity index (χ1) is 14.8. The number of hydrogen-bond acceptors (Lipinski definition) is 4. The molecule has 1 fully saturated rings. The zero-order valence-corrected chi connectivity index (χ0v) is 16.5. The Hall–Kier alpha value is -3.23. The van der Waals surface area contributed by atoms with Crippen molar-refractivity contribution in [1.29, 1.82) is 0 Å². The molecule has 2 atom stereocenters. The lowest BCUT2D eigenvalue weighted by molar-refractivity contribution is -0.137. The van der Waals surface area contributed by atoms with Crippen molar-refractivity contribution >= 4 is 11.8 Å². The average Bonchev–Trinajstić information content (AvgIpc) is 3.16. The van der Waals surface area contributed by atoms with E-state index in [0.29, 0.717) is 30.9 Å². The molecule has 0 bridgehead atoms. The van der Waals surface area contributed by atoms with Crippen molar-refractivity contribution in [2.45, 2.75) is 31.2 Å². The second kappa shape index (κ2) is 8.49. The van der Waals surface area contributed by atoms with Gasteiger partial charge in [-0.2, -0.15) is 13.2 Å². The lowest BCUT2D eigenvalue weighted by Crippen LogP contribution is -2.47. The van der Waals surface area contributed by atoms with Gasteiger partial charge in [0.15, 0.2) is 11.5 Å². The molecule has 0 saturated carbocycles. The van der Waals surface area contributed by atoms with Gasteiger partial charge in [-0.1, -0.05) is 24.3 Å². The number of halogens is 3. The highest BCUT2D eigenvalue weighted by molar-refractivity contribution is 5.82. The van der Waals surface area contributed by atoms with Gasteiger partial charge < -0.3 is 19.7 Å². The number of para-hydroxylation sites is 2. The van der Waals surface area contributed by atoms with Crippen molar-refractivity contribution in [1.82, 2.24) is 10.2 Å². The number of rotatable bonds is 5. The number of nitrogens with zero attached hydrogens (tertiary/aromatic N) is 1. The molecule has 2 aromatic carbocycles. The van der Waals surface area contributed by atoms with Crippen LogP contribution in [-0.2, 0) is 15.8 Å². The minimum atomic E-state index is -4.52. The molecule has 4 rings (SSSR count). The Morgan fingerprint density at radius 3 is 2.65 bits per heavy atom. The number of nitrogens with one attached hydrogen (secondary N) is 1. The first-order valence-corrected chi connectivity index (χ1v) is 9.95. The molecule has 2 heterocycles. The monoisotopic (exact) mass is 434 g/mol. The maximum absolute atomic E-state index is 13.2. The van der Waals surface area contributed by atoms with Crippen LogP contribution in [0.4, 0.5) is 13.2 Å². The Morgan fingerprint density at radius 2 is 1.94 bits per heavy atom. The van der Waals surface area contributed by atoms with E-state index < -0.39 is 29.8 Å². The van der Waals surface area contributed by atoms with Crippen molar-refractivity contribution in [2.75, 3.05) is 19.7 Å². The van der Waals surface area contributed by atoms with E-state index >= 15 is 0 Å². The number of amides is 2. The Kier molecular flexibility index (Phi) is 5.75. The number of carbonyl (C=O) groups excluding carboxylic acids is 2. The van der Waals surface area contributed by atoms with Gasteiger partial charge in [-0.3, -0.25) is 9.59 Å². The van der Waals surface area contributed by atoms with E-state index in [2.05, 4.69) is 5.32 Å². The molecule has 2 amide bonds. The second-order valence-electron chi connectivity index (χ2n) is 7.49. The molecular formula is C22H21F3N2O4. The van der Waals surface area contributed by atoms with E-state index in [1.54, 1.807) is 29.2 Å². The summed E-state index contributed by atoms with van der Waals surface area (Å²) < 4.78 is 50.9. The third kappa shape index (κ3) is 4.76. The third-order valence-electron chi connectivity index (χ3n) is 5.31. The molecule has 164 valence electrons. The molecule has 2 aliphatic heterocycles. The van der Waals surface area contributed by atoms with E-state index in [9.17, 15) is 22.8 Å². The summed E-state index contributed by atoms with van der Waals surface area (Å²) in [5.74, 6) is 0.323. The van der Waals surface area contributed by atoms with Crippen LogP contribution in [0.25, 0.3) is 0 Å². The van der Waals surface area contributed by atoms with Crippen LogP contribution in [0, 0.1) is 0 Å². The summed E-state index contributed by atoms with van der Waals surface area (Å²) in [5.41, 5.74) is -0.553. The summed E-state index contributed by atoms with van der Waals surface area (Å²) in [5, 5.41) is 2.75. The Bertz CT molecular complexity index is 979. The van der Waals surface area contributed by atoms with E-state index in [4.69, 9.17) is 9.47 Å². The first kappa shape index (κ1) is 21.0. The maximum atomic E-state index is 13.2. The van der Waals surface area contributed by atoms with Crippen LogP contribution in [0.5, 0.6) is 11.5 Å². The molecule has 1 N–H and O–H groups in total. The Morgan fingerprint density at radius 1 is 1.16 bits per heavy atom. The smallest absolute Gasteiger partial charge is 0.416 e. The largest absolute Gasteiger partial charge is 0.485 e. The van der Waals surface area contributed by atoms with E-state index in [1.807, 2.05) is 0 Å².